The van der Waals surface area contributed by atoms with Crippen LogP contribution in [-0.4, -0.2) is 59.9 Å². The molecule has 1 heterocycles. The minimum atomic E-state index is -0.823. The third kappa shape index (κ3) is 2.17. The molecule has 1 fully saturated rings. The lowest BCUT2D eigenvalue weighted by Gasteiger charge is -2.32. The zero-order valence-electron chi connectivity index (χ0n) is 6.86. The van der Waals surface area contributed by atoms with Gasteiger partial charge in [0.05, 0.1) is 6.61 Å². The molecule has 1 unspecified atom stereocenters. The lowest BCUT2D eigenvalue weighted by atomic mass is 10.2. The van der Waals surface area contributed by atoms with E-state index in [0.29, 0.717) is 19.6 Å². The van der Waals surface area contributed by atoms with Crippen LogP contribution in [0.5, 0.6) is 0 Å². The van der Waals surface area contributed by atoms with Crippen molar-refractivity contribution in [1.82, 2.24) is 10.2 Å². The van der Waals surface area contributed by atoms with Crippen molar-refractivity contribution < 1.29 is 15.0 Å². The van der Waals surface area contributed by atoms with Gasteiger partial charge in [0, 0.05) is 26.2 Å². The van der Waals surface area contributed by atoms with Crippen LogP contribution in [0.1, 0.15) is 0 Å². The second-order valence-electron chi connectivity index (χ2n) is 2.82. The Bertz CT molecular complexity index is 161. The average Bonchev–Trinajstić information content (AvgIpc) is 2.05. The SMILES string of the molecule is O=C(O)C1CNCCN1CCO. The van der Waals surface area contributed by atoms with Gasteiger partial charge < -0.3 is 15.5 Å². The summed E-state index contributed by atoms with van der Waals surface area (Å²) in [7, 11) is 0. The van der Waals surface area contributed by atoms with Crippen LogP contribution < -0.4 is 5.32 Å². The van der Waals surface area contributed by atoms with Crippen LogP contribution in [0, 0.1) is 0 Å². The van der Waals surface area contributed by atoms with E-state index in [2.05, 4.69) is 5.32 Å². The Kier molecular flexibility index (Phi) is 3.46. The molecule has 1 aliphatic rings. The number of rotatable bonds is 3. The predicted molar refractivity (Wildman–Crippen MR) is 43.0 cm³/mol. The van der Waals surface area contributed by atoms with E-state index < -0.39 is 12.0 Å². The molecule has 1 saturated heterocycles. The van der Waals surface area contributed by atoms with Crippen LogP contribution in [0.2, 0.25) is 0 Å². The second-order valence-corrected chi connectivity index (χ2v) is 2.82. The number of aliphatic carboxylic acids is 1. The molecule has 0 aliphatic carbocycles. The van der Waals surface area contributed by atoms with Gasteiger partial charge in [-0.15, -0.1) is 0 Å². The molecule has 3 N–H and O–H groups in total. The molecule has 5 nitrogen and oxygen atoms in total. The molecule has 0 saturated carbocycles. The fourth-order valence-electron chi connectivity index (χ4n) is 1.39. The number of aliphatic hydroxyl groups is 1. The summed E-state index contributed by atoms with van der Waals surface area (Å²) < 4.78 is 0. The lowest BCUT2D eigenvalue weighted by Crippen LogP contribution is -2.55. The van der Waals surface area contributed by atoms with Gasteiger partial charge in [-0.2, -0.15) is 0 Å². The van der Waals surface area contributed by atoms with Gasteiger partial charge in [-0.05, 0) is 0 Å². The van der Waals surface area contributed by atoms with Gasteiger partial charge in [-0.25, -0.2) is 0 Å². The highest BCUT2D eigenvalue weighted by molar-refractivity contribution is 5.73. The van der Waals surface area contributed by atoms with Gasteiger partial charge in [0.2, 0.25) is 0 Å². The minimum absolute atomic E-state index is 0.0176. The summed E-state index contributed by atoms with van der Waals surface area (Å²) in [5.74, 6) is -0.823. The first-order chi connectivity index (χ1) is 5.75. The van der Waals surface area contributed by atoms with Crippen molar-refractivity contribution in [3.63, 3.8) is 0 Å². The Balaban J connectivity index is 2.48. The molecule has 0 aromatic carbocycles. The van der Waals surface area contributed by atoms with Gasteiger partial charge in [-0.1, -0.05) is 0 Å². The summed E-state index contributed by atoms with van der Waals surface area (Å²) in [6.45, 7) is 2.42. The van der Waals surface area contributed by atoms with Crippen molar-refractivity contribution in [2.24, 2.45) is 0 Å². The largest absolute Gasteiger partial charge is 0.480 e. The van der Waals surface area contributed by atoms with Crippen LogP contribution in [0.15, 0.2) is 0 Å². The summed E-state index contributed by atoms with van der Waals surface area (Å²) in [4.78, 5) is 12.5. The molecule has 1 rings (SSSR count). The molecule has 1 aliphatic heterocycles. The second kappa shape index (κ2) is 4.39. The van der Waals surface area contributed by atoms with Gasteiger partial charge in [0.25, 0.3) is 0 Å². The van der Waals surface area contributed by atoms with Gasteiger partial charge >= 0.3 is 5.97 Å². The summed E-state index contributed by atoms with van der Waals surface area (Å²) in [5.41, 5.74) is 0. The number of piperazine rings is 1. The maximum absolute atomic E-state index is 10.7. The van der Waals surface area contributed by atoms with Crippen LogP contribution in [0.25, 0.3) is 0 Å². The number of carboxylic acids is 1. The number of hydrogen-bond acceptors (Lipinski definition) is 4. The number of β-amino-alcohol motifs (C(OH)–C–C–N with tert-alkyl or cyclic N) is 1. The zero-order chi connectivity index (χ0) is 8.97. The quantitative estimate of drug-likeness (QED) is 0.477. The Labute approximate surface area is 71.0 Å². The minimum Gasteiger partial charge on any atom is -0.480 e. The van der Waals surface area contributed by atoms with E-state index >= 15 is 0 Å². The number of hydrogen-bond donors (Lipinski definition) is 3. The van der Waals surface area contributed by atoms with E-state index in [1.54, 1.807) is 4.90 Å². The first-order valence-corrected chi connectivity index (χ1v) is 4.04. The Hall–Kier alpha value is -0.650. The third-order valence-electron chi connectivity index (χ3n) is 2.03. The maximum atomic E-state index is 10.7. The molecule has 70 valence electrons. The number of carbonyl (C=O) groups is 1. The normalized spacial score (nSPS) is 25.6. The van der Waals surface area contributed by atoms with Crippen molar-refractivity contribution >= 4 is 5.97 Å². The number of nitrogens with one attached hydrogen (secondary N) is 1. The van der Waals surface area contributed by atoms with E-state index in [-0.39, 0.29) is 6.61 Å². The van der Waals surface area contributed by atoms with Crippen LogP contribution in [0.4, 0.5) is 0 Å². The van der Waals surface area contributed by atoms with Crippen molar-refractivity contribution in [3.05, 3.63) is 0 Å². The Morgan fingerprint density at radius 2 is 2.42 bits per heavy atom. The van der Waals surface area contributed by atoms with Crippen molar-refractivity contribution in [3.8, 4) is 0 Å². The van der Waals surface area contributed by atoms with Gasteiger partial charge in [0.15, 0.2) is 0 Å². The van der Waals surface area contributed by atoms with Gasteiger partial charge in [-0.3, -0.25) is 9.69 Å². The molecule has 0 aromatic heterocycles. The van der Waals surface area contributed by atoms with Crippen molar-refractivity contribution in [2.75, 3.05) is 32.8 Å². The molecule has 0 amide bonds. The Morgan fingerprint density at radius 3 is 3.00 bits per heavy atom. The number of nitrogens with zero attached hydrogens (tertiary/aromatic N) is 1. The van der Waals surface area contributed by atoms with Crippen molar-refractivity contribution in [1.29, 1.82) is 0 Å². The molecule has 12 heavy (non-hydrogen) atoms. The van der Waals surface area contributed by atoms with Crippen LogP contribution >= 0.6 is 0 Å². The first kappa shape index (κ1) is 9.44. The average molecular weight is 174 g/mol. The summed E-state index contributed by atoms with van der Waals surface area (Å²) >= 11 is 0. The predicted octanol–water partition coefficient (Wildman–Crippen LogP) is -1.66. The molecule has 0 spiro atoms. The van der Waals surface area contributed by atoms with E-state index in [4.69, 9.17) is 10.2 Å². The highest BCUT2D eigenvalue weighted by Crippen LogP contribution is 2.02. The first-order valence-electron chi connectivity index (χ1n) is 4.04. The zero-order valence-corrected chi connectivity index (χ0v) is 6.86. The highest BCUT2D eigenvalue weighted by Gasteiger charge is 2.27. The van der Waals surface area contributed by atoms with Crippen molar-refractivity contribution in [2.45, 2.75) is 6.04 Å². The summed E-state index contributed by atoms with van der Waals surface area (Å²) in [6, 6.07) is -0.481. The smallest absolute Gasteiger partial charge is 0.322 e. The lowest BCUT2D eigenvalue weighted by molar-refractivity contribution is -0.144. The highest BCUT2D eigenvalue weighted by atomic mass is 16.4. The van der Waals surface area contributed by atoms with E-state index in [0.717, 1.165) is 6.54 Å². The van der Waals surface area contributed by atoms with Gasteiger partial charge in [0.1, 0.15) is 6.04 Å². The molecular formula is C7H14N2O3. The topological polar surface area (TPSA) is 72.8 Å². The Morgan fingerprint density at radius 1 is 1.67 bits per heavy atom. The fourth-order valence-corrected chi connectivity index (χ4v) is 1.39. The molecule has 1 atom stereocenters. The van der Waals surface area contributed by atoms with Crippen LogP contribution in [0.3, 0.4) is 0 Å². The molecule has 0 aromatic rings. The fraction of sp³-hybridized carbons (Fsp3) is 0.857. The standard InChI is InChI=1S/C7H14N2O3/c10-4-3-9-2-1-8-5-6(9)7(11)12/h6,8,10H,1-5H2,(H,11,12). The van der Waals surface area contributed by atoms with E-state index in [9.17, 15) is 4.79 Å². The number of carboxylic acid groups (broad SMARTS) is 1. The molecular weight excluding hydrogens is 160 g/mol. The molecule has 0 radical (unpaired) electrons. The molecule has 5 heteroatoms. The van der Waals surface area contributed by atoms with E-state index in [1.165, 1.54) is 0 Å². The van der Waals surface area contributed by atoms with E-state index in [1.807, 2.05) is 0 Å². The molecule has 0 bridgehead atoms. The van der Waals surface area contributed by atoms with Crippen LogP contribution in [-0.2, 0) is 4.79 Å². The monoisotopic (exact) mass is 174 g/mol. The summed E-state index contributed by atoms with van der Waals surface area (Å²) in [6.07, 6.45) is 0. The number of aliphatic hydroxyl groups excluding tert-OH is 1. The third-order valence-corrected chi connectivity index (χ3v) is 2.03. The summed E-state index contributed by atoms with van der Waals surface area (Å²) in [5, 5.41) is 20.4. The maximum Gasteiger partial charge on any atom is 0.322 e.